The molecule has 0 fully saturated rings. The SMILES string of the molecule is Cc1ccc(OCc2c(F)cccc2F)cc1F. The highest BCUT2D eigenvalue weighted by Crippen LogP contribution is 2.19. The molecule has 0 aliphatic heterocycles. The van der Waals surface area contributed by atoms with Crippen LogP contribution in [0.2, 0.25) is 0 Å². The molecule has 0 aliphatic carbocycles. The maximum Gasteiger partial charge on any atom is 0.132 e. The first-order valence-electron chi connectivity index (χ1n) is 5.40. The van der Waals surface area contributed by atoms with Gasteiger partial charge >= 0.3 is 0 Å². The van der Waals surface area contributed by atoms with E-state index in [1.807, 2.05) is 0 Å². The van der Waals surface area contributed by atoms with E-state index in [0.29, 0.717) is 5.56 Å². The van der Waals surface area contributed by atoms with Crippen LogP contribution < -0.4 is 4.74 Å². The van der Waals surface area contributed by atoms with Gasteiger partial charge in [0.2, 0.25) is 0 Å². The molecule has 4 heteroatoms. The second-order valence-corrected chi connectivity index (χ2v) is 3.90. The first kappa shape index (κ1) is 12.5. The van der Waals surface area contributed by atoms with E-state index in [2.05, 4.69) is 0 Å². The molecule has 0 N–H and O–H groups in total. The molecule has 94 valence electrons. The fourth-order valence-electron chi connectivity index (χ4n) is 1.49. The summed E-state index contributed by atoms with van der Waals surface area (Å²) in [7, 11) is 0. The third-order valence-corrected chi connectivity index (χ3v) is 2.59. The summed E-state index contributed by atoms with van der Waals surface area (Å²) in [6, 6.07) is 7.86. The molecule has 0 spiro atoms. The Morgan fingerprint density at radius 3 is 2.22 bits per heavy atom. The van der Waals surface area contributed by atoms with Gasteiger partial charge in [0, 0.05) is 6.07 Å². The molecule has 0 saturated carbocycles. The summed E-state index contributed by atoms with van der Waals surface area (Å²) in [6.07, 6.45) is 0. The third kappa shape index (κ3) is 2.64. The van der Waals surface area contributed by atoms with Crippen LogP contribution in [0.4, 0.5) is 13.2 Å². The molecule has 0 heterocycles. The Morgan fingerprint density at radius 1 is 0.944 bits per heavy atom. The zero-order valence-electron chi connectivity index (χ0n) is 9.71. The molecule has 0 saturated heterocycles. The standard InChI is InChI=1S/C14H11F3O/c1-9-5-6-10(7-14(9)17)18-8-11-12(15)3-2-4-13(11)16/h2-7H,8H2,1H3. The Labute approximate surface area is 103 Å². The van der Waals surface area contributed by atoms with E-state index < -0.39 is 17.5 Å². The highest BCUT2D eigenvalue weighted by atomic mass is 19.1. The maximum absolute atomic E-state index is 13.3. The fourth-order valence-corrected chi connectivity index (χ4v) is 1.49. The molecule has 1 nitrogen and oxygen atoms in total. The summed E-state index contributed by atoms with van der Waals surface area (Å²) in [5.41, 5.74) is 0.318. The molecule has 0 bridgehead atoms. The monoisotopic (exact) mass is 252 g/mol. The van der Waals surface area contributed by atoms with Crippen molar-refractivity contribution in [3.8, 4) is 5.75 Å². The van der Waals surface area contributed by atoms with E-state index in [-0.39, 0.29) is 17.9 Å². The molecule has 0 atom stereocenters. The molecule has 0 aromatic heterocycles. The summed E-state index contributed by atoms with van der Waals surface area (Å²) < 4.78 is 45.0. The van der Waals surface area contributed by atoms with Crippen LogP contribution in [0.1, 0.15) is 11.1 Å². The number of aryl methyl sites for hydroxylation is 1. The van der Waals surface area contributed by atoms with Crippen LogP contribution in [0.3, 0.4) is 0 Å². The van der Waals surface area contributed by atoms with E-state index in [4.69, 9.17) is 4.74 Å². The molecular weight excluding hydrogens is 241 g/mol. The van der Waals surface area contributed by atoms with E-state index in [1.165, 1.54) is 12.1 Å². The first-order valence-corrected chi connectivity index (χ1v) is 5.40. The highest BCUT2D eigenvalue weighted by Gasteiger charge is 2.09. The zero-order valence-corrected chi connectivity index (χ0v) is 9.71. The Balaban J connectivity index is 2.14. The van der Waals surface area contributed by atoms with Gasteiger partial charge in [-0.1, -0.05) is 12.1 Å². The minimum atomic E-state index is -0.678. The van der Waals surface area contributed by atoms with Gasteiger partial charge in [0.1, 0.15) is 29.8 Å². The minimum Gasteiger partial charge on any atom is -0.489 e. The molecule has 2 aromatic carbocycles. The van der Waals surface area contributed by atoms with Crippen molar-refractivity contribution in [2.24, 2.45) is 0 Å². The van der Waals surface area contributed by atoms with Gasteiger partial charge in [0.15, 0.2) is 0 Å². The number of ether oxygens (including phenoxy) is 1. The predicted molar refractivity (Wildman–Crippen MR) is 61.8 cm³/mol. The molecular formula is C14H11F3O. The van der Waals surface area contributed by atoms with Gasteiger partial charge < -0.3 is 4.74 Å². The van der Waals surface area contributed by atoms with Crippen molar-refractivity contribution in [2.45, 2.75) is 13.5 Å². The average Bonchev–Trinajstić information content (AvgIpc) is 2.33. The van der Waals surface area contributed by atoms with Crippen LogP contribution in [0.5, 0.6) is 5.75 Å². The molecule has 2 aromatic rings. The van der Waals surface area contributed by atoms with Crippen molar-refractivity contribution < 1.29 is 17.9 Å². The Kier molecular flexibility index (Phi) is 3.55. The largest absolute Gasteiger partial charge is 0.489 e. The predicted octanol–water partition coefficient (Wildman–Crippen LogP) is 3.99. The molecule has 0 radical (unpaired) electrons. The van der Waals surface area contributed by atoms with Crippen molar-refractivity contribution in [1.82, 2.24) is 0 Å². The first-order chi connectivity index (χ1) is 8.58. The van der Waals surface area contributed by atoms with Crippen LogP contribution in [0.15, 0.2) is 36.4 Å². The highest BCUT2D eigenvalue weighted by molar-refractivity contribution is 5.28. The number of rotatable bonds is 3. The Hall–Kier alpha value is -1.97. The van der Waals surface area contributed by atoms with Crippen molar-refractivity contribution in [2.75, 3.05) is 0 Å². The number of halogens is 3. The number of hydrogen-bond donors (Lipinski definition) is 0. The lowest BCUT2D eigenvalue weighted by Gasteiger charge is -2.08. The molecule has 0 aliphatic rings. The fraction of sp³-hybridized carbons (Fsp3) is 0.143. The van der Waals surface area contributed by atoms with Crippen LogP contribution >= 0.6 is 0 Å². The van der Waals surface area contributed by atoms with E-state index in [0.717, 1.165) is 12.1 Å². The van der Waals surface area contributed by atoms with Gasteiger partial charge in [-0.15, -0.1) is 0 Å². The van der Waals surface area contributed by atoms with Crippen LogP contribution in [-0.2, 0) is 6.61 Å². The van der Waals surface area contributed by atoms with Gasteiger partial charge in [-0.3, -0.25) is 0 Å². The molecule has 18 heavy (non-hydrogen) atoms. The van der Waals surface area contributed by atoms with E-state index in [9.17, 15) is 13.2 Å². The van der Waals surface area contributed by atoms with Gasteiger partial charge in [-0.05, 0) is 30.7 Å². The van der Waals surface area contributed by atoms with Gasteiger partial charge in [-0.25, -0.2) is 13.2 Å². The third-order valence-electron chi connectivity index (χ3n) is 2.59. The van der Waals surface area contributed by atoms with Crippen molar-refractivity contribution in [3.63, 3.8) is 0 Å². The van der Waals surface area contributed by atoms with Gasteiger partial charge in [0.05, 0.1) is 5.56 Å². The van der Waals surface area contributed by atoms with E-state index >= 15 is 0 Å². The maximum atomic E-state index is 13.3. The minimum absolute atomic E-state index is 0.168. The second kappa shape index (κ2) is 5.12. The lowest BCUT2D eigenvalue weighted by atomic mass is 10.2. The smallest absolute Gasteiger partial charge is 0.132 e. The second-order valence-electron chi connectivity index (χ2n) is 3.90. The van der Waals surface area contributed by atoms with Crippen LogP contribution in [-0.4, -0.2) is 0 Å². The summed E-state index contributed by atoms with van der Waals surface area (Å²) >= 11 is 0. The van der Waals surface area contributed by atoms with Gasteiger partial charge in [0.25, 0.3) is 0 Å². The summed E-state index contributed by atoms with van der Waals surface area (Å²) in [6.45, 7) is 1.34. The molecule has 0 unspecified atom stereocenters. The quantitative estimate of drug-likeness (QED) is 0.802. The number of hydrogen-bond acceptors (Lipinski definition) is 1. The van der Waals surface area contributed by atoms with Crippen LogP contribution in [0.25, 0.3) is 0 Å². The van der Waals surface area contributed by atoms with Crippen molar-refractivity contribution in [1.29, 1.82) is 0 Å². The number of benzene rings is 2. The normalized spacial score (nSPS) is 10.4. The van der Waals surface area contributed by atoms with E-state index in [1.54, 1.807) is 19.1 Å². The Bertz CT molecular complexity index is 547. The Morgan fingerprint density at radius 2 is 1.61 bits per heavy atom. The van der Waals surface area contributed by atoms with Crippen molar-refractivity contribution >= 4 is 0 Å². The lowest BCUT2D eigenvalue weighted by Crippen LogP contribution is -2.02. The lowest BCUT2D eigenvalue weighted by molar-refractivity contribution is 0.291. The topological polar surface area (TPSA) is 9.23 Å². The summed E-state index contributed by atoms with van der Waals surface area (Å²) in [5, 5.41) is 0. The van der Waals surface area contributed by atoms with Crippen LogP contribution in [0, 0.1) is 24.4 Å². The van der Waals surface area contributed by atoms with Gasteiger partial charge in [-0.2, -0.15) is 0 Å². The zero-order chi connectivity index (χ0) is 13.1. The van der Waals surface area contributed by atoms with Crippen molar-refractivity contribution in [3.05, 3.63) is 65.0 Å². The average molecular weight is 252 g/mol. The molecule has 0 amide bonds. The summed E-state index contributed by atoms with van der Waals surface area (Å²) in [5.74, 6) is -1.53. The molecule has 2 rings (SSSR count). The summed E-state index contributed by atoms with van der Waals surface area (Å²) in [4.78, 5) is 0.